The van der Waals surface area contributed by atoms with Crippen molar-refractivity contribution in [1.29, 1.82) is 0 Å². The maximum absolute atomic E-state index is 13.0. The summed E-state index contributed by atoms with van der Waals surface area (Å²) in [4.78, 5) is 34.8. The summed E-state index contributed by atoms with van der Waals surface area (Å²) < 4.78 is 1.66. The molecule has 1 N–H and O–H groups in total. The van der Waals surface area contributed by atoms with E-state index in [4.69, 9.17) is 0 Å². The van der Waals surface area contributed by atoms with Gasteiger partial charge in [0.2, 0.25) is 5.91 Å². The van der Waals surface area contributed by atoms with Crippen molar-refractivity contribution in [3.8, 4) is 5.69 Å². The zero-order chi connectivity index (χ0) is 21.5. The standard InChI is InChI=1S/C23H21N5O2S/c1-14-6-5-8-17(10-14)28-21-18(12-24-28)22(30)26-23(25-21)31-13-20(29)27-15(2)11-16-7-3-4-9-19(16)27/h3-10,12,15H,11,13H2,1-2H3,(H,25,26,30). The Morgan fingerprint density at radius 3 is 2.90 bits per heavy atom. The van der Waals surface area contributed by atoms with E-state index in [1.807, 2.05) is 54.3 Å². The summed E-state index contributed by atoms with van der Waals surface area (Å²) in [6.45, 7) is 4.05. The van der Waals surface area contributed by atoms with Gasteiger partial charge in [-0.15, -0.1) is 0 Å². The number of aromatic amines is 1. The lowest BCUT2D eigenvalue weighted by molar-refractivity contribution is -0.116. The van der Waals surface area contributed by atoms with E-state index in [1.165, 1.54) is 23.5 Å². The maximum atomic E-state index is 13.0. The maximum Gasteiger partial charge on any atom is 0.262 e. The third-order valence-electron chi connectivity index (χ3n) is 5.47. The second-order valence-electron chi connectivity index (χ2n) is 7.74. The Hall–Kier alpha value is -3.39. The van der Waals surface area contributed by atoms with Crippen molar-refractivity contribution in [3.05, 3.63) is 76.2 Å². The van der Waals surface area contributed by atoms with Gasteiger partial charge in [0, 0.05) is 11.7 Å². The van der Waals surface area contributed by atoms with Crippen molar-refractivity contribution in [3.63, 3.8) is 0 Å². The number of nitrogens with zero attached hydrogens (tertiary/aromatic N) is 4. The molecule has 3 heterocycles. The van der Waals surface area contributed by atoms with Gasteiger partial charge >= 0.3 is 0 Å². The number of hydrogen-bond donors (Lipinski definition) is 1. The number of fused-ring (bicyclic) bond motifs is 2. The van der Waals surface area contributed by atoms with Gasteiger partial charge in [-0.2, -0.15) is 5.10 Å². The number of aromatic nitrogens is 4. The second-order valence-corrected chi connectivity index (χ2v) is 8.70. The molecule has 0 fully saturated rings. The molecular formula is C23H21N5O2S. The summed E-state index contributed by atoms with van der Waals surface area (Å²) in [5.74, 6) is 0.184. The lowest BCUT2D eigenvalue weighted by atomic mass is 10.1. The van der Waals surface area contributed by atoms with Crippen LogP contribution in [0.5, 0.6) is 0 Å². The second kappa shape index (κ2) is 7.70. The number of thioether (sulfide) groups is 1. The van der Waals surface area contributed by atoms with E-state index in [9.17, 15) is 9.59 Å². The van der Waals surface area contributed by atoms with Crippen LogP contribution in [0.15, 0.2) is 64.7 Å². The molecule has 1 unspecified atom stereocenters. The smallest absolute Gasteiger partial charge is 0.262 e. The molecule has 1 amide bonds. The van der Waals surface area contributed by atoms with Crippen LogP contribution >= 0.6 is 11.8 Å². The molecule has 1 atom stereocenters. The average Bonchev–Trinajstić information content (AvgIpc) is 3.32. The highest BCUT2D eigenvalue weighted by Crippen LogP contribution is 2.32. The van der Waals surface area contributed by atoms with E-state index in [1.54, 1.807) is 4.68 Å². The van der Waals surface area contributed by atoms with Crippen LogP contribution in [0, 0.1) is 6.92 Å². The first kappa shape index (κ1) is 19.6. The molecule has 8 heteroatoms. The van der Waals surface area contributed by atoms with Crippen LogP contribution in [0.4, 0.5) is 5.69 Å². The zero-order valence-corrected chi connectivity index (χ0v) is 18.0. The Morgan fingerprint density at radius 1 is 1.23 bits per heavy atom. The van der Waals surface area contributed by atoms with Crippen LogP contribution in [0.2, 0.25) is 0 Å². The highest BCUT2D eigenvalue weighted by Gasteiger charge is 2.30. The van der Waals surface area contributed by atoms with Gasteiger partial charge in [0.25, 0.3) is 5.56 Å². The van der Waals surface area contributed by atoms with Crippen molar-refractivity contribution >= 4 is 34.4 Å². The van der Waals surface area contributed by atoms with Crippen LogP contribution < -0.4 is 10.5 Å². The van der Waals surface area contributed by atoms with Gasteiger partial charge in [-0.1, -0.05) is 42.1 Å². The monoisotopic (exact) mass is 431 g/mol. The average molecular weight is 432 g/mol. The molecule has 0 saturated carbocycles. The minimum Gasteiger partial charge on any atom is -0.308 e. The molecule has 0 radical (unpaired) electrons. The fourth-order valence-corrected chi connectivity index (χ4v) is 4.78. The van der Waals surface area contributed by atoms with E-state index in [0.29, 0.717) is 16.2 Å². The summed E-state index contributed by atoms with van der Waals surface area (Å²) in [6.07, 6.45) is 2.37. The molecule has 0 spiro atoms. The molecule has 5 rings (SSSR count). The van der Waals surface area contributed by atoms with Gasteiger partial charge in [-0.25, -0.2) is 9.67 Å². The molecule has 31 heavy (non-hydrogen) atoms. The van der Waals surface area contributed by atoms with Crippen molar-refractivity contribution < 1.29 is 4.79 Å². The number of rotatable bonds is 4. The van der Waals surface area contributed by atoms with Crippen LogP contribution in [0.3, 0.4) is 0 Å². The Morgan fingerprint density at radius 2 is 2.06 bits per heavy atom. The third-order valence-corrected chi connectivity index (χ3v) is 6.33. The fraction of sp³-hybridized carbons (Fsp3) is 0.217. The first-order chi connectivity index (χ1) is 15.0. The lowest BCUT2D eigenvalue weighted by Crippen LogP contribution is -2.37. The summed E-state index contributed by atoms with van der Waals surface area (Å²) >= 11 is 1.23. The van der Waals surface area contributed by atoms with Crippen LogP contribution in [0.1, 0.15) is 18.1 Å². The summed E-state index contributed by atoms with van der Waals surface area (Å²) in [6, 6.07) is 15.9. The van der Waals surface area contributed by atoms with Crippen LogP contribution in [-0.4, -0.2) is 37.5 Å². The van der Waals surface area contributed by atoms with Gasteiger partial charge in [-0.3, -0.25) is 9.59 Å². The van der Waals surface area contributed by atoms with E-state index in [0.717, 1.165) is 23.4 Å². The van der Waals surface area contributed by atoms with Crippen molar-refractivity contribution in [2.45, 2.75) is 31.5 Å². The molecule has 1 aliphatic heterocycles. The normalized spacial score (nSPS) is 15.4. The molecule has 1 aliphatic rings. The highest BCUT2D eigenvalue weighted by molar-refractivity contribution is 7.99. The molecular weight excluding hydrogens is 410 g/mol. The van der Waals surface area contributed by atoms with E-state index >= 15 is 0 Å². The van der Waals surface area contributed by atoms with Gasteiger partial charge < -0.3 is 9.88 Å². The Balaban J connectivity index is 1.42. The summed E-state index contributed by atoms with van der Waals surface area (Å²) in [7, 11) is 0. The number of para-hydroxylation sites is 1. The number of amides is 1. The Labute approximate surface area is 183 Å². The SMILES string of the molecule is Cc1cccc(-n2ncc3c(=O)[nH]c(SCC(=O)N4c5ccccc5CC4C)nc32)c1. The topological polar surface area (TPSA) is 83.9 Å². The molecule has 0 saturated heterocycles. The molecule has 0 bridgehead atoms. The minimum absolute atomic E-state index is 0.00242. The predicted octanol–water partition coefficient (Wildman–Crippen LogP) is 3.49. The molecule has 4 aromatic rings. The largest absolute Gasteiger partial charge is 0.308 e. The predicted molar refractivity (Wildman–Crippen MR) is 122 cm³/mol. The minimum atomic E-state index is -0.265. The quantitative estimate of drug-likeness (QED) is 0.395. The van der Waals surface area contributed by atoms with Crippen LogP contribution in [-0.2, 0) is 11.2 Å². The van der Waals surface area contributed by atoms with Crippen molar-refractivity contribution in [2.75, 3.05) is 10.7 Å². The molecule has 2 aromatic carbocycles. The van der Waals surface area contributed by atoms with Crippen LogP contribution in [0.25, 0.3) is 16.7 Å². The number of anilines is 1. The number of carbonyl (C=O) groups excluding carboxylic acids is 1. The van der Waals surface area contributed by atoms with Crippen molar-refractivity contribution in [1.82, 2.24) is 19.7 Å². The first-order valence-electron chi connectivity index (χ1n) is 10.1. The van der Waals surface area contributed by atoms with Gasteiger partial charge in [0.05, 0.1) is 17.6 Å². The first-order valence-corrected chi connectivity index (χ1v) is 11.1. The molecule has 2 aromatic heterocycles. The lowest BCUT2D eigenvalue weighted by Gasteiger charge is -2.22. The number of nitrogens with one attached hydrogen (secondary N) is 1. The van der Waals surface area contributed by atoms with Gasteiger partial charge in [0.15, 0.2) is 10.8 Å². The van der Waals surface area contributed by atoms with E-state index < -0.39 is 0 Å². The summed E-state index contributed by atoms with van der Waals surface area (Å²) in [5, 5.41) is 5.17. The summed E-state index contributed by atoms with van der Waals surface area (Å²) in [5.41, 5.74) is 4.29. The van der Waals surface area contributed by atoms with Gasteiger partial charge in [0.1, 0.15) is 5.39 Å². The van der Waals surface area contributed by atoms with E-state index in [2.05, 4.69) is 28.1 Å². The number of carbonyl (C=O) groups is 1. The van der Waals surface area contributed by atoms with E-state index in [-0.39, 0.29) is 23.3 Å². The third kappa shape index (κ3) is 3.53. The highest BCUT2D eigenvalue weighted by atomic mass is 32.2. The number of aryl methyl sites for hydroxylation is 1. The Kier molecular flexibility index (Phi) is 4.86. The molecule has 0 aliphatic carbocycles. The zero-order valence-electron chi connectivity index (χ0n) is 17.2. The fourth-order valence-electron chi connectivity index (χ4n) is 4.06. The number of benzene rings is 2. The molecule has 7 nitrogen and oxygen atoms in total. The Bertz CT molecular complexity index is 1360. The molecule has 156 valence electrons. The van der Waals surface area contributed by atoms with Gasteiger partial charge in [-0.05, 0) is 49.6 Å². The number of hydrogen-bond acceptors (Lipinski definition) is 5. The number of H-pyrrole nitrogens is 1. The van der Waals surface area contributed by atoms with Crippen molar-refractivity contribution in [2.24, 2.45) is 0 Å².